The van der Waals surface area contributed by atoms with Gasteiger partial charge in [0, 0.05) is 58.7 Å². The lowest BCUT2D eigenvalue weighted by Crippen LogP contribution is -2.64. The number of ketones is 4. The van der Waals surface area contributed by atoms with Crippen molar-refractivity contribution in [3.8, 4) is 6.07 Å². The van der Waals surface area contributed by atoms with Crippen molar-refractivity contribution >= 4 is 50.9 Å². The van der Waals surface area contributed by atoms with E-state index in [1.54, 1.807) is 6.07 Å². The van der Waals surface area contributed by atoms with E-state index in [0.717, 1.165) is 83.8 Å². The second kappa shape index (κ2) is 29.4. The van der Waals surface area contributed by atoms with Gasteiger partial charge in [0.2, 0.25) is 17.2 Å². The maximum Gasteiger partial charge on any atom is 0.355 e. The Labute approximate surface area is 552 Å². The Hall–Kier alpha value is -3.21. The van der Waals surface area contributed by atoms with Crippen molar-refractivity contribution in [1.82, 2.24) is 0 Å². The van der Waals surface area contributed by atoms with E-state index in [0.29, 0.717) is 24.4 Å². The molecule has 9 fully saturated rings. The summed E-state index contributed by atoms with van der Waals surface area (Å²) in [5.41, 5.74) is -1.38. The molecule has 5 aliphatic carbocycles. The van der Waals surface area contributed by atoms with Crippen molar-refractivity contribution in [1.29, 1.82) is 6.54 Å². The Bertz CT molecular complexity index is 2850. The highest BCUT2D eigenvalue weighted by molar-refractivity contribution is 8.24. The van der Waals surface area contributed by atoms with Crippen LogP contribution in [0.5, 0.6) is 0 Å². The number of nitrogens with zero attached hydrogens (tertiary/aromatic N) is 4. The highest BCUT2D eigenvalue weighted by Crippen LogP contribution is 2.60. The summed E-state index contributed by atoms with van der Waals surface area (Å²) in [6.45, 7) is 65.1. The van der Waals surface area contributed by atoms with Gasteiger partial charge in [-0.2, -0.15) is 5.26 Å². The molecular formula is C72H113N4O11P2S+. The van der Waals surface area contributed by atoms with Crippen LogP contribution in [0.25, 0.3) is 14.5 Å². The largest absolute Gasteiger partial charge is 0.374 e. The van der Waals surface area contributed by atoms with Crippen LogP contribution in [0.2, 0.25) is 0 Å². The van der Waals surface area contributed by atoms with Crippen molar-refractivity contribution in [3.63, 3.8) is 0 Å². The first-order valence-electron chi connectivity index (χ1n) is 33.6. The maximum absolute atomic E-state index is 12.3. The number of hydrogen-bond donors (Lipinski definition) is 0. The van der Waals surface area contributed by atoms with Crippen molar-refractivity contribution in [3.05, 3.63) is 57.8 Å². The summed E-state index contributed by atoms with van der Waals surface area (Å²) in [4.78, 5) is 59.0. The van der Waals surface area contributed by atoms with Crippen molar-refractivity contribution in [2.24, 2.45) is 54.1 Å². The van der Waals surface area contributed by atoms with Gasteiger partial charge in [-0.15, -0.1) is 0 Å². The molecule has 0 bridgehead atoms. The lowest BCUT2D eigenvalue weighted by atomic mass is 9.56. The minimum atomic E-state index is -0.870. The second-order valence-corrected chi connectivity index (χ2v) is 35.0. The summed E-state index contributed by atoms with van der Waals surface area (Å²) in [6.07, 6.45) is 20.4. The molecule has 6 heterocycles. The molecule has 6 aliphatic heterocycles. The molecule has 11 rings (SSSR count). The van der Waals surface area contributed by atoms with Gasteiger partial charge in [0.05, 0.1) is 113 Å². The molecule has 6 saturated heterocycles. The first-order valence-corrected chi connectivity index (χ1v) is 36.7. The summed E-state index contributed by atoms with van der Waals surface area (Å²) in [5, 5.41) is 7.32. The third-order valence-electron chi connectivity index (χ3n) is 22.7. The number of Topliss-reactive ketones (excluding diaryl/α,β-unsaturated/α-hetero) is 4. The van der Waals surface area contributed by atoms with Gasteiger partial charge in [0.25, 0.3) is 6.04 Å². The summed E-state index contributed by atoms with van der Waals surface area (Å²) >= 11 is 4.31. The Morgan fingerprint density at radius 3 is 1.28 bits per heavy atom. The van der Waals surface area contributed by atoms with Gasteiger partial charge in [-0.25, -0.2) is 16.3 Å². The number of rotatable bonds is 0. The lowest BCUT2D eigenvalue weighted by Gasteiger charge is -2.60. The van der Waals surface area contributed by atoms with Crippen LogP contribution in [0, 0.1) is 85.2 Å². The average Bonchev–Trinajstić information content (AvgIpc) is 1.71. The number of nitriles is 1. The normalized spacial score (nSPS) is 40.9. The van der Waals surface area contributed by atoms with Gasteiger partial charge in [0.15, 0.2) is 36.2 Å². The van der Waals surface area contributed by atoms with E-state index in [-0.39, 0.29) is 115 Å². The summed E-state index contributed by atoms with van der Waals surface area (Å²) in [6, 6.07) is 1.28. The fraction of sp³-hybridized carbons (Fsp3) is 0.833. The molecule has 15 nitrogen and oxygen atoms in total. The zero-order valence-electron chi connectivity index (χ0n) is 59.7. The van der Waals surface area contributed by atoms with Gasteiger partial charge in [0.1, 0.15) is 5.78 Å². The van der Waals surface area contributed by atoms with Crippen LogP contribution in [0.4, 0.5) is 0 Å². The van der Waals surface area contributed by atoms with Crippen LogP contribution in [-0.4, -0.2) is 110 Å². The van der Waals surface area contributed by atoms with Gasteiger partial charge in [-0.1, -0.05) is 116 Å². The summed E-state index contributed by atoms with van der Waals surface area (Å²) in [7, 11) is 2.20. The van der Waals surface area contributed by atoms with Crippen LogP contribution in [0.3, 0.4) is 0 Å². The Morgan fingerprint density at radius 1 is 0.544 bits per heavy atom. The number of ether oxygens (including phenoxy) is 7. The molecule has 3 saturated carbocycles. The topological polar surface area (TPSA) is 170 Å². The standard InChI is InChI=1S/C15H26O3.C14H21NO2.2C14H19NO2.C13H22O2.C2H3N.H2P2S/c1-11-5-6-14(4)7-8-15(16-9-10-17-15)13(2,3)12(14)18-11;3*1-9-6-7-14(4)8-10(15-5)11(16)13(2,3)12(14)17-9;1-9-5-7-13(4)8-6-10(14)12(2,3)11(13)15-9;2*1-2-3/h11-12H,5-10H2,1-4H3;9-10,12H,6-8H2,1-4H3;2*8-9,12H,6-7H2,1-4H3;9,11H,5-8H2,1-4H3;1H3;1H2/p+1/t11-,12-,14-;9-,10?,12-,14-;2*9-,12-,14-;9-,11-,13-;;/m00100../s1/i/hT. The Balaban J connectivity index is 0.000000201. The molecule has 502 valence electrons. The number of fused-ring (bicyclic) bond motifs is 5. The zero-order valence-corrected chi connectivity index (χ0v) is 61.6. The Morgan fingerprint density at radius 2 is 0.889 bits per heavy atom. The summed E-state index contributed by atoms with van der Waals surface area (Å²) in [5.74, 6) is -0.134. The molecular weight excluding hydrogens is 1190 g/mol. The number of allylic oxidation sites excluding steroid dienone is 2. The van der Waals surface area contributed by atoms with E-state index in [4.69, 9.17) is 59.4 Å². The van der Waals surface area contributed by atoms with E-state index < -0.39 is 35.1 Å². The van der Waals surface area contributed by atoms with Gasteiger partial charge in [-0.3, -0.25) is 9.59 Å². The SMILES string of the molecule is CC#N.C[C@H]1CC[C@@]2(C)CCC(=O)C(C)(C)[C@@H]2O1.C[C@H]1CC[C@@]2(C)CCC3(OCCO3)C(C)(C)[C@@H]2O1.[3H][P+](P)=S.[C-]#[N+]C1=C[C@@]2(C)CC[C@@H](C)O[C@@H]2C(C)(C)C1=O.[C-]#[N+]C1=C[C@]2(C)CC[C@H](C)O[C@H]2C(C)(C)C1=O.[C-]#[N+]C1C[C@]2(C)CC[C@H](C)O[C@H]2C(C)(C)C1=O. The van der Waals surface area contributed by atoms with Crippen LogP contribution >= 0.6 is 15.9 Å². The fourth-order valence-electron chi connectivity index (χ4n) is 17.5. The van der Waals surface area contributed by atoms with Crippen LogP contribution in [-0.2, 0) is 64.1 Å². The molecule has 11 aliphatic rings. The predicted molar refractivity (Wildman–Crippen MR) is 361 cm³/mol. The number of carbonyl (C=O) groups is 4. The molecule has 0 amide bonds. The highest BCUT2D eigenvalue weighted by Gasteiger charge is 2.65. The minimum absolute atomic E-state index is 0.0147. The molecule has 0 N–H and O–H groups in total. The average molecular weight is 1310 g/mol. The highest BCUT2D eigenvalue weighted by atomic mass is 32.6. The molecule has 3 unspecified atom stereocenters. The fourth-order valence-corrected chi connectivity index (χ4v) is 17.5. The minimum Gasteiger partial charge on any atom is -0.374 e. The van der Waals surface area contributed by atoms with E-state index >= 15 is 0 Å². The molecule has 0 radical (unpaired) electrons. The molecule has 1 spiro atoms. The van der Waals surface area contributed by atoms with E-state index in [9.17, 15) is 19.2 Å². The van der Waals surface area contributed by atoms with E-state index in [1.807, 2.05) is 67.5 Å². The van der Waals surface area contributed by atoms with Crippen molar-refractivity contribution in [2.45, 2.75) is 315 Å². The van der Waals surface area contributed by atoms with Gasteiger partial charge in [-0.05, 0) is 122 Å². The van der Waals surface area contributed by atoms with Crippen LogP contribution in [0.15, 0.2) is 23.5 Å². The maximum atomic E-state index is 12.3. The number of hydrogen-bond acceptors (Lipinski definition) is 13. The third kappa shape index (κ3) is 15.7. The van der Waals surface area contributed by atoms with Crippen LogP contribution in [0.1, 0.15) is 242 Å². The smallest absolute Gasteiger partial charge is 0.355 e. The summed E-state index contributed by atoms with van der Waals surface area (Å²) < 4.78 is 48.9. The van der Waals surface area contributed by atoms with Crippen molar-refractivity contribution < 1.29 is 52.3 Å². The molecule has 90 heavy (non-hydrogen) atoms. The van der Waals surface area contributed by atoms with Gasteiger partial charge < -0.3 is 47.6 Å². The Kier molecular flexibility index (Phi) is 24.8. The van der Waals surface area contributed by atoms with Crippen molar-refractivity contribution in [2.75, 3.05) is 13.2 Å². The number of carbonyl (C=O) groups excluding carboxylic acids is 4. The monoisotopic (exact) mass is 1310 g/mol. The first kappa shape index (κ1) is 75.8. The van der Waals surface area contributed by atoms with Crippen LogP contribution < -0.4 is 0 Å². The quantitative estimate of drug-likeness (QED) is 0.166. The third-order valence-corrected chi connectivity index (χ3v) is 22.7. The van der Waals surface area contributed by atoms with E-state index in [1.165, 1.54) is 26.2 Å². The first-order chi connectivity index (χ1) is 41.8. The molecule has 0 aromatic carbocycles. The molecule has 18 atom stereocenters. The molecule has 0 aromatic heterocycles. The predicted octanol–water partition coefficient (Wildman–Crippen LogP) is 16.3. The van der Waals surface area contributed by atoms with Gasteiger partial charge >= 0.3 is 1.28 Å². The van der Waals surface area contributed by atoms with E-state index in [2.05, 4.69) is 118 Å². The molecule has 0 aromatic rings. The lowest BCUT2D eigenvalue weighted by molar-refractivity contribution is -0.319. The zero-order chi connectivity index (χ0) is 69.1. The molecule has 18 heteroatoms. The second-order valence-electron chi connectivity index (χ2n) is 32.3.